The third-order valence-corrected chi connectivity index (χ3v) is 2.26. The van der Waals surface area contributed by atoms with Crippen LogP contribution in [0.5, 0.6) is 0 Å². The van der Waals surface area contributed by atoms with Crippen LogP contribution in [0, 0.1) is 0 Å². The summed E-state index contributed by atoms with van der Waals surface area (Å²) < 4.78 is 0. The molecule has 4 nitrogen and oxygen atoms in total. The maximum atomic E-state index is 11.4. The largest absolute Gasteiger partial charge is 0.301 e. The molecule has 0 atom stereocenters. The summed E-state index contributed by atoms with van der Waals surface area (Å²) >= 11 is 1.41. The summed E-state index contributed by atoms with van der Waals surface area (Å²) in [5.74, 6) is 0. The molecule has 0 aliphatic rings. The van der Waals surface area contributed by atoms with E-state index in [1.54, 1.807) is 12.3 Å². The van der Waals surface area contributed by atoms with Crippen molar-refractivity contribution in [3.8, 4) is 0 Å². The van der Waals surface area contributed by atoms with Gasteiger partial charge >= 0.3 is 0 Å². The van der Waals surface area contributed by atoms with E-state index in [1.165, 1.54) is 18.0 Å². The molecule has 0 aliphatic heterocycles. The average Bonchev–Trinajstić information content (AvgIpc) is 2.18. The number of rotatable bonds is 1. The first-order chi connectivity index (χ1) is 6.31. The summed E-state index contributed by atoms with van der Waals surface area (Å²) in [4.78, 5) is 22.2. The average molecular weight is 193 g/mol. The normalized spacial score (nSPS) is 10.5. The van der Waals surface area contributed by atoms with Crippen molar-refractivity contribution in [3.63, 3.8) is 0 Å². The van der Waals surface area contributed by atoms with Gasteiger partial charge in [0, 0.05) is 12.4 Å². The molecule has 0 unspecified atom stereocenters. The van der Waals surface area contributed by atoms with E-state index < -0.39 is 0 Å². The summed E-state index contributed by atoms with van der Waals surface area (Å²) in [5, 5.41) is 1.16. The highest BCUT2D eigenvalue weighted by Crippen LogP contribution is 2.09. The maximum Gasteiger partial charge on any atom is 0.260 e. The Morgan fingerprint density at radius 2 is 2.38 bits per heavy atom. The van der Waals surface area contributed by atoms with Gasteiger partial charge in [0.05, 0.1) is 10.9 Å². The maximum absolute atomic E-state index is 11.4. The zero-order valence-corrected chi connectivity index (χ0v) is 7.76. The van der Waals surface area contributed by atoms with Gasteiger partial charge in [0.1, 0.15) is 0 Å². The molecule has 2 aromatic rings. The van der Waals surface area contributed by atoms with Crippen molar-refractivity contribution in [1.82, 2.24) is 15.0 Å². The standard InChI is InChI=1S/C8H7N3OS/c1-13-8-10-6-2-3-9-4-5(6)7(12)11-8/h2-4H,1H3,(H,10,11,12). The predicted molar refractivity (Wildman–Crippen MR) is 51.9 cm³/mol. The monoisotopic (exact) mass is 193 g/mol. The summed E-state index contributed by atoms with van der Waals surface area (Å²) in [7, 11) is 0. The number of aromatic amines is 1. The van der Waals surface area contributed by atoms with Crippen molar-refractivity contribution in [2.45, 2.75) is 5.16 Å². The quantitative estimate of drug-likeness (QED) is 0.543. The van der Waals surface area contributed by atoms with Crippen LogP contribution in [0.15, 0.2) is 28.4 Å². The van der Waals surface area contributed by atoms with Crippen molar-refractivity contribution in [1.29, 1.82) is 0 Å². The first-order valence-electron chi connectivity index (χ1n) is 3.69. The van der Waals surface area contributed by atoms with Crippen LogP contribution in [-0.2, 0) is 0 Å². The van der Waals surface area contributed by atoms with Gasteiger partial charge in [0.25, 0.3) is 5.56 Å². The highest BCUT2D eigenvalue weighted by Gasteiger charge is 2.01. The van der Waals surface area contributed by atoms with E-state index in [0.29, 0.717) is 16.1 Å². The van der Waals surface area contributed by atoms with Gasteiger partial charge in [-0.2, -0.15) is 0 Å². The van der Waals surface area contributed by atoms with Crippen molar-refractivity contribution in [2.24, 2.45) is 0 Å². The molecule has 0 amide bonds. The lowest BCUT2D eigenvalue weighted by Gasteiger charge is -1.97. The van der Waals surface area contributed by atoms with E-state index in [-0.39, 0.29) is 5.56 Å². The number of thioether (sulfide) groups is 1. The highest BCUT2D eigenvalue weighted by atomic mass is 32.2. The number of H-pyrrole nitrogens is 1. The number of pyridine rings is 1. The smallest absolute Gasteiger partial charge is 0.260 e. The van der Waals surface area contributed by atoms with E-state index in [2.05, 4.69) is 15.0 Å². The Balaban J connectivity index is 2.85. The zero-order chi connectivity index (χ0) is 9.26. The van der Waals surface area contributed by atoms with E-state index in [4.69, 9.17) is 0 Å². The minimum absolute atomic E-state index is 0.137. The summed E-state index contributed by atoms with van der Waals surface area (Å²) in [6, 6.07) is 1.73. The predicted octanol–water partition coefficient (Wildman–Crippen LogP) is 1.04. The summed E-state index contributed by atoms with van der Waals surface area (Å²) in [6.07, 6.45) is 5.01. The Labute approximate surface area is 78.4 Å². The molecule has 1 N–H and O–H groups in total. The number of aromatic nitrogens is 3. The van der Waals surface area contributed by atoms with Gasteiger partial charge in [-0.1, -0.05) is 11.8 Å². The second-order valence-corrected chi connectivity index (χ2v) is 3.26. The van der Waals surface area contributed by atoms with Gasteiger partial charge in [-0.3, -0.25) is 9.78 Å². The molecule has 0 saturated carbocycles. The zero-order valence-electron chi connectivity index (χ0n) is 6.94. The Morgan fingerprint density at radius 3 is 3.15 bits per heavy atom. The Hall–Kier alpha value is -1.36. The Kier molecular flexibility index (Phi) is 2.02. The molecule has 5 heteroatoms. The molecular formula is C8H7N3OS. The molecule has 0 radical (unpaired) electrons. The van der Waals surface area contributed by atoms with Crippen LogP contribution in [0.25, 0.3) is 10.9 Å². The Morgan fingerprint density at radius 1 is 1.54 bits per heavy atom. The van der Waals surface area contributed by atoms with Gasteiger partial charge in [-0.25, -0.2) is 4.98 Å². The lowest BCUT2D eigenvalue weighted by atomic mass is 10.3. The van der Waals surface area contributed by atoms with E-state index in [0.717, 1.165) is 0 Å². The summed E-state index contributed by atoms with van der Waals surface area (Å²) in [6.45, 7) is 0. The molecule has 2 aromatic heterocycles. The number of fused-ring (bicyclic) bond motifs is 1. The molecule has 2 rings (SSSR count). The molecule has 0 aromatic carbocycles. The molecular weight excluding hydrogens is 186 g/mol. The highest BCUT2D eigenvalue weighted by molar-refractivity contribution is 7.98. The van der Waals surface area contributed by atoms with Crippen LogP contribution in [-0.4, -0.2) is 21.2 Å². The van der Waals surface area contributed by atoms with Crippen LogP contribution in [0.3, 0.4) is 0 Å². The van der Waals surface area contributed by atoms with Gasteiger partial charge in [0.15, 0.2) is 5.16 Å². The van der Waals surface area contributed by atoms with Crippen LogP contribution < -0.4 is 5.56 Å². The van der Waals surface area contributed by atoms with Crippen molar-refractivity contribution in [2.75, 3.05) is 6.26 Å². The molecule has 2 heterocycles. The number of nitrogens with one attached hydrogen (secondary N) is 1. The van der Waals surface area contributed by atoms with Crippen LogP contribution in [0.2, 0.25) is 0 Å². The second kappa shape index (κ2) is 3.18. The van der Waals surface area contributed by atoms with Crippen molar-refractivity contribution in [3.05, 3.63) is 28.8 Å². The lowest BCUT2D eigenvalue weighted by molar-refractivity contribution is 0.975. The van der Waals surface area contributed by atoms with Crippen LogP contribution >= 0.6 is 11.8 Å². The number of hydrogen-bond acceptors (Lipinski definition) is 4. The fourth-order valence-corrected chi connectivity index (χ4v) is 1.44. The van der Waals surface area contributed by atoms with Crippen molar-refractivity contribution >= 4 is 22.7 Å². The first kappa shape index (κ1) is 8.25. The minimum atomic E-state index is -0.137. The van der Waals surface area contributed by atoms with Gasteiger partial charge in [0.2, 0.25) is 0 Å². The third-order valence-electron chi connectivity index (χ3n) is 1.68. The SMILES string of the molecule is CSc1nc2ccncc2c(=O)[nH]1. The first-order valence-corrected chi connectivity index (χ1v) is 4.92. The molecule has 0 bridgehead atoms. The lowest BCUT2D eigenvalue weighted by Crippen LogP contribution is -2.08. The van der Waals surface area contributed by atoms with Gasteiger partial charge in [-0.05, 0) is 12.3 Å². The third kappa shape index (κ3) is 1.42. The van der Waals surface area contributed by atoms with Crippen LogP contribution in [0.4, 0.5) is 0 Å². The summed E-state index contributed by atoms with van der Waals surface area (Å²) in [5.41, 5.74) is 0.547. The molecule has 13 heavy (non-hydrogen) atoms. The number of hydrogen-bond donors (Lipinski definition) is 1. The Bertz CT molecular complexity index is 494. The fourth-order valence-electron chi connectivity index (χ4n) is 1.06. The van der Waals surface area contributed by atoms with E-state index in [1.807, 2.05) is 6.26 Å². The van der Waals surface area contributed by atoms with E-state index in [9.17, 15) is 4.79 Å². The number of nitrogens with zero attached hydrogens (tertiary/aromatic N) is 2. The minimum Gasteiger partial charge on any atom is -0.301 e. The van der Waals surface area contributed by atoms with Gasteiger partial charge in [-0.15, -0.1) is 0 Å². The van der Waals surface area contributed by atoms with Crippen LogP contribution in [0.1, 0.15) is 0 Å². The molecule has 0 fully saturated rings. The molecule has 66 valence electrons. The van der Waals surface area contributed by atoms with Crippen molar-refractivity contribution < 1.29 is 0 Å². The fraction of sp³-hybridized carbons (Fsp3) is 0.125. The van der Waals surface area contributed by atoms with Gasteiger partial charge < -0.3 is 4.98 Å². The van der Waals surface area contributed by atoms with E-state index >= 15 is 0 Å². The second-order valence-electron chi connectivity index (χ2n) is 2.47. The molecule has 0 aliphatic carbocycles. The topological polar surface area (TPSA) is 58.6 Å². The molecule has 0 saturated heterocycles. The molecule has 0 spiro atoms.